The summed E-state index contributed by atoms with van der Waals surface area (Å²) in [7, 11) is -3.41. The van der Waals surface area contributed by atoms with Crippen LogP contribution in [0.2, 0.25) is 5.15 Å². The second kappa shape index (κ2) is 6.82. The van der Waals surface area contributed by atoms with Crippen LogP contribution in [0, 0.1) is 5.92 Å². The van der Waals surface area contributed by atoms with E-state index in [2.05, 4.69) is 35.0 Å². The number of nitrogens with one attached hydrogen (secondary N) is 1. The van der Waals surface area contributed by atoms with Gasteiger partial charge in [0, 0.05) is 29.4 Å². The quantitative estimate of drug-likeness (QED) is 0.785. The Morgan fingerprint density at radius 1 is 1.38 bits per heavy atom. The fourth-order valence-electron chi connectivity index (χ4n) is 4.83. The predicted molar refractivity (Wildman–Crippen MR) is 104 cm³/mol. The van der Waals surface area contributed by atoms with Crippen LogP contribution in [0.5, 0.6) is 0 Å². The van der Waals surface area contributed by atoms with Gasteiger partial charge in [-0.2, -0.15) is 8.42 Å². The molecule has 3 atom stereocenters. The van der Waals surface area contributed by atoms with Gasteiger partial charge in [0.1, 0.15) is 5.15 Å². The van der Waals surface area contributed by atoms with Crippen LogP contribution in [0.25, 0.3) is 10.9 Å². The van der Waals surface area contributed by atoms with E-state index in [4.69, 9.17) is 15.8 Å². The number of piperidine rings is 1. The van der Waals surface area contributed by atoms with Gasteiger partial charge in [-0.1, -0.05) is 30.7 Å². The third kappa shape index (κ3) is 3.28. The van der Waals surface area contributed by atoms with E-state index in [-0.39, 0.29) is 12.5 Å². The third-order valence-corrected chi connectivity index (χ3v) is 6.65. The van der Waals surface area contributed by atoms with Gasteiger partial charge in [0.25, 0.3) is 10.1 Å². The molecule has 4 rings (SSSR count). The van der Waals surface area contributed by atoms with E-state index in [1.807, 2.05) is 0 Å². The van der Waals surface area contributed by atoms with Crippen molar-refractivity contribution in [3.8, 4) is 0 Å². The summed E-state index contributed by atoms with van der Waals surface area (Å²) in [6.07, 6.45) is 4.08. The van der Waals surface area contributed by atoms with E-state index < -0.39 is 10.1 Å². The second-order valence-electron chi connectivity index (χ2n) is 7.65. The predicted octanol–water partition coefficient (Wildman–Crippen LogP) is 3.54. The van der Waals surface area contributed by atoms with Crippen molar-refractivity contribution in [2.45, 2.75) is 38.1 Å². The Hall–Kier alpha value is -1.08. The molecular weight excluding hydrogens is 372 g/mol. The summed E-state index contributed by atoms with van der Waals surface area (Å²) in [5.74, 6) is 0.593. The zero-order valence-electron chi connectivity index (χ0n) is 15.2. The molecule has 1 aliphatic carbocycles. The fraction of sp³-hybridized carbons (Fsp3) is 0.579. The Kier molecular flexibility index (Phi) is 4.80. The first-order valence-electron chi connectivity index (χ1n) is 9.24. The molecule has 26 heavy (non-hydrogen) atoms. The lowest BCUT2D eigenvalue weighted by atomic mass is 9.72. The lowest BCUT2D eigenvalue weighted by Gasteiger charge is -2.47. The van der Waals surface area contributed by atoms with Gasteiger partial charge in [-0.25, -0.2) is 0 Å². The summed E-state index contributed by atoms with van der Waals surface area (Å²) < 4.78 is 28.0. The van der Waals surface area contributed by atoms with Crippen LogP contribution in [-0.4, -0.2) is 50.3 Å². The number of benzene rings is 1. The average molecular weight is 397 g/mol. The zero-order valence-corrected chi connectivity index (χ0v) is 16.7. The van der Waals surface area contributed by atoms with E-state index in [0.29, 0.717) is 12.0 Å². The molecule has 0 saturated carbocycles. The monoisotopic (exact) mass is 396 g/mol. The lowest BCUT2D eigenvalue weighted by molar-refractivity contribution is 0.0640. The zero-order chi connectivity index (χ0) is 18.5. The first-order valence-corrected chi connectivity index (χ1v) is 11.4. The molecule has 1 aliphatic heterocycles. The molecule has 2 aromatic rings. The molecule has 7 heteroatoms. The van der Waals surface area contributed by atoms with Gasteiger partial charge in [0.05, 0.1) is 12.9 Å². The number of H-pyrrole nitrogens is 1. The number of hydrogen-bond acceptors (Lipinski definition) is 4. The summed E-state index contributed by atoms with van der Waals surface area (Å²) in [6.45, 7) is 4.32. The Labute approximate surface area is 159 Å². The molecule has 1 unspecified atom stereocenters. The van der Waals surface area contributed by atoms with Crippen molar-refractivity contribution in [3.63, 3.8) is 0 Å². The van der Waals surface area contributed by atoms with Crippen molar-refractivity contribution in [2.75, 3.05) is 26.0 Å². The number of fused-ring (bicyclic) bond motifs is 2. The maximum absolute atomic E-state index is 11.4. The van der Waals surface area contributed by atoms with Crippen LogP contribution in [0.3, 0.4) is 0 Å². The smallest absolute Gasteiger partial charge is 0.264 e. The number of aromatic nitrogens is 1. The van der Waals surface area contributed by atoms with Crippen molar-refractivity contribution < 1.29 is 12.6 Å². The number of nitrogens with zero attached hydrogens (tertiary/aromatic N) is 1. The molecule has 1 N–H and O–H groups in total. The molecule has 1 aromatic carbocycles. The molecular formula is C19H25ClN2O3S. The highest BCUT2D eigenvalue weighted by Gasteiger charge is 2.41. The molecule has 0 bridgehead atoms. The molecule has 142 valence electrons. The van der Waals surface area contributed by atoms with Crippen molar-refractivity contribution in [1.82, 2.24) is 9.88 Å². The number of halogens is 1. The van der Waals surface area contributed by atoms with Crippen LogP contribution >= 0.6 is 11.6 Å². The highest BCUT2D eigenvalue weighted by atomic mass is 35.5. The SMILES string of the molecule is CCCN1CC(COS(C)(=O)=O)C[C@H]2c3cccc4[nH]c(Cl)c(c34)C[C@@H]21. The number of hydrogen-bond donors (Lipinski definition) is 1. The van der Waals surface area contributed by atoms with E-state index in [1.54, 1.807) is 0 Å². The fourth-order valence-corrected chi connectivity index (χ4v) is 5.54. The normalized spacial score (nSPS) is 26.2. The standard InChI is InChI=1S/C19H25ClN2O3S/c1-3-7-22-10-12(11-25-26(2,23)24)8-14-13-5-4-6-16-18(13)15(9-17(14)22)19(20)21-16/h4-6,12,14,17,21H,3,7-11H2,1-2H3/t12?,14-,17-/m0/s1. The Bertz CT molecular complexity index is 924. The Morgan fingerprint density at radius 2 is 2.19 bits per heavy atom. The summed E-state index contributed by atoms with van der Waals surface area (Å²) in [6, 6.07) is 6.77. The highest BCUT2D eigenvalue weighted by Crippen LogP contribution is 2.46. The van der Waals surface area contributed by atoms with E-state index in [9.17, 15) is 8.42 Å². The second-order valence-corrected chi connectivity index (χ2v) is 9.67. The largest absolute Gasteiger partial charge is 0.345 e. The van der Waals surface area contributed by atoms with Gasteiger partial charge < -0.3 is 4.98 Å². The number of rotatable bonds is 5. The van der Waals surface area contributed by atoms with Crippen molar-refractivity contribution >= 4 is 32.6 Å². The molecule has 0 radical (unpaired) electrons. The minimum absolute atomic E-state index is 0.212. The summed E-state index contributed by atoms with van der Waals surface area (Å²) in [4.78, 5) is 5.82. The summed E-state index contributed by atoms with van der Waals surface area (Å²) >= 11 is 6.50. The van der Waals surface area contributed by atoms with Crippen LogP contribution < -0.4 is 0 Å². The van der Waals surface area contributed by atoms with E-state index in [1.165, 1.54) is 16.5 Å². The molecule has 2 aliphatic rings. The van der Waals surface area contributed by atoms with E-state index >= 15 is 0 Å². The van der Waals surface area contributed by atoms with Crippen molar-refractivity contribution in [2.24, 2.45) is 5.92 Å². The molecule has 2 heterocycles. The summed E-state index contributed by atoms with van der Waals surface area (Å²) in [5, 5.41) is 2.02. The first kappa shape index (κ1) is 18.3. The lowest BCUT2D eigenvalue weighted by Crippen LogP contribution is -2.51. The maximum atomic E-state index is 11.4. The summed E-state index contributed by atoms with van der Waals surface area (Å²) in [5.41, 5.74) is 3.66. The van der Waals surface area contributed by atoms with Crippen molar-refractivity contribution in [1.29, 1.82) is 0 Å². The van der Waals surface area contributed by atoms with E-state index in [0.717, 1.165) is 49.3 Å². The molecule has 5 nitrogen and oxygen atoms in total. The number of aromatic amines is 1. The molecule has 1 saturated heterocycles. The minimum atomic E-state index is -3.41. The van der Waals surface area contributed by atoms with Gasteiger partial charge in [-0.3, -0.25) is 9.08 Å². The molecule has 1 aromatic heterocycles. The topological polar surface area (TPSA) is 62.4 Å². The molecule has 0 spiro atoms. The Morgan fingerprint density at radius 3 is 2.92 bits per heavy atom. The minimum Gasteiger partial charge on any atom is -0.345 e. The Balaban J connectivity index is 1.70. The number of likely N-dealkylation sites (tertiary alicyclic amines) is 1. The third-order valence-electron chi connectivity index (χ3n) is 5.76. The van der Waals surface area contributed by atoms with Gasteiger partial charge in [-0.15, -0.1) is 0 Å². The van der Waals surface area contributed by atoms with Crippen molar-refractivity contribution in [3.05, 3.63) is 34.5 Å². The first-order chi connectivity index (χ1) is 12.4. The molecule has 1 fully saturated rings. The van der Waals surface area contributed by atoms with Gasteiger partial charge in [-0.05, 0) is 48.9 Å². The van der Waals surface area contributed by atoms with Crippen LogP contribution in [-0.2, 0) is 20.7 Å². The molecule has 0 amide bonds. The maximum Gasteiger partial charge on any atom is 0.264 e. The van der Waals surface area contributed by atoms with Crippen LogP contribution in [0.15, 0.2) is 18.2 Å². The van der Waals surface area contributed by atoms with Crippen LogP contribution in [0.1, 0.15) is 36.8 Å². The van der Waals surface area contributed by atoms with Gasteiger partial charge in [0.2, 0.25) is 0 Å². The van der Waals surface area contributed by atoms with Crippen LogP contribution in [0.4, 0.5) is 0 Å². The van der Waals surface area contributed by atoms with Gasteiger partial charge >= 0.3 is 0 Å². The average Bonchev–Trinajstić information content (AvgIpc) is 2.90. The van der Waals surface area contributed by atoms with Gasteiger partial charge in [0.15, 0.2) is 0 Å². The highest BCUT2D eigenvalue weighted by molar-refractivity contribution is 7.85.